The Morgan fingerprint density at radius 3 is 2.69 bits per heavy atom. The molecule has 0 spiro atoms. The van der Waals surface area contributed by atoms with Crippen LogP contribution in [0.2, 0.25) is 0 Å². The van der Waals surface area contributed by atoms with E-state index in [1.165, 1.54) is 6.07 Å². The van der Waals surface area contributed by atoms with Gasteiger partial charge in [0.25, 0.3) is 0 Å². The van der Waals surface area contributed by atoms with Crippen LogP contribution in [0.5, 0.6) is 0 Å². The number of thioether (sulfide) groups is 1. The molecule has 0 fully saturated rings. The van der Waals surface area contributed by atoms with Gasteiger partial charge >= 0.3 is 0 Å². The molecule has 0 nitrogen and oxygen atoms in total. The normalized spacial score (nSPS) is 10.8. The minimum absolute atomic E-state index is 0.123. The lowest BCUT2D eigenvalue weighted by Crippen LogP contribution is -1.92. The summed E-state index contributed by atoms with van der Waals surface area (Å²) in [6.07, 6.45) is 0. The van der Waals surface area contributed by atoms with Crippen molar-refractivity contribution in [1.29, 1.82) is 0 Å². The van der Waals surface area contributed by atoms with Crippen LogP contribution in [-0.2, 0) is 5.75 Å². The van der Waals surface area contributed by atoms with Crippen molar-refractivity contribution in [2.75, 3.05) is 0 Å². The van der Waals surface area contributed by atoms with Gasteiger partial charge in [-0.1, -0.05) is 35.8 Å². The maximum Gasteiger partial charge on any atom is 0.128 e. The first-order valence-electron chi connectivity index (χ1n) is 4.15. The highest BCUT2D eigenvalue weighted by Gasteiger charge is 2.03. The van der Waals surface area contributed by atoms with Gasteiger partial charge in [-0.15, -0.1) is 0 Å². The van der Waals surface area contributed by atoms with E-state index in [9.17, 15) is 4.39 Å². The minimum atomic E-state index is -0.123. The first-order valence-corrected chi connectivity index (χ1v) is 5.99. The monoisotopic (exact) mass is 262 g/mol. The van der Waals surface area contributed by atoms with E-state index in [-0.39, 0.29) is 5.82 Å². The largest absolute Gasteiger partial charge is 0.207 e. The highest BCUT2D eigenvalue weighted by Crippen LogP contribution is 2.21. The molecule has 0 aliphatic heterocycles. The van der Waals surface area contributed by atoms with Gasteiger partial charge in [-0.3, -0.25) is 0 Å². The summed E-state index contributed by atoms with van der Waals surface area (Å²) >= 11 is 4.98. The topological polar surface area (TPSA) is 0 Å². The maximum absolute atomic E-state index is 13.3. The molecule has 0 saturated carbocycles. The molecular weight excluding hydrogens is 251 g/mol. The van der Waals surface area contributed by atoms with Gasteiger partial charge in [-0.25, -0.2) is 4.39 Å². The van der Waals surface area contributed by atoms with Gasteiger partial charge in [0.15, 0.2) is 0 Å². The predicted octanol–water partition coefficient (Wildman–Crippen LogP) is 4.23. The van der Waals surface area contributed by atoms with Crippen molar-refractivity contribution in [1.82, 2.24) is 0 Å². The molecule has 0 heterocycles. The molecule has 3 heteroatoms. The molecule has 0 N–H and O–H groups in total. The Hall–Kier alpha value is -0.0200. The lowest BCUT2D eigenvalue weighted by Gasteiger charge is -2.05. The summed E-state index contributed by atoms with van der Waals surface area (Å²) < 4.78 is 14.1. The smallest absolute Gasteiger partial charge is 0.128 e. The van der Waals surface area contributed by atoms with E-state index < -0.39 is 0 Å². The second-order valence-corrected chi connectivity index (χ2v) is 5.58. The molecule has 0 aliphatic rings. The van der Waals surface area contributed by atoms with E-state index in [0.717, 1.165) is 15.8 Å². The summed E-state index contributed by atoms with van der Waals surface area (Å²) in [7, 11) is 0. The second-order valence-electron chi connectivity index (χ2n) is 3.10. The molecular formula is C10H12BrFS. The van der Waals surface area contributed by atoms with Gasteiger partial charge < -0.3 is 0 Å². The number of hydrogen-bond acceptors (Lipinski definition) is 1. The summed E-state index contributed by atoms with van der Waals surface area (Å²) in [4.78, 5) is 0. The first kappa shape index (κ1) is 11.1. The van der Waals surface area contributed by atoms with Crippen LogP contribution in [0.15, 0.2) is 22.7 Å². The number of benzene rings is 1. The average Bonchev–Trinajstić information content (AvgIpc) is 2.02. The van der Waals surface area contributed by atoms with E-state index in [2.05, 4.69) is 29.8 Å². The summed E-state index contributed by atoms with van der Waals surface area (Å²) in [5, 5.41) is 0.544. The van der Waals surface area contributed by atoms with E-state index in [1.54, 1.807) is 11.8 Å². The Labute approximate surface area is 91.0 Å². The summed E-state index contributed by atoms with van der Waals surface area (Å²) in [6.45, 7) is 4.23. The zero-order valence-electron chi connectivity index (χ0n) is 7.68. The third-order valence-corrected chi connectivity index (χ3v) is 3.22. The second kappa shape index (κ2) is 5.01. The van der Waals surface area contributed by atoms with Crippen molar-refractivity contribution in [3.63, 3.8) is 0 Å². The summed E-state index contributed by atoms with van der Waals surface area (Å²) in [5.41, 5.74) is 0.780. The third-order valence-electron chi connectivity index (χ3n) is 1.59. The molecule has 0 saturated heterocycles. The van der Waals surface area contributed by atoms with Crippen LogP contribution in [0, 0.1) is 5.82 Å². The van der Waals surface area contributed by atoms with Gasteiger partial charge in [0.1, 0.15) is 5.82 Å². The molecule has 1 rings (SSSR count). The predicted molar refractivity (Wildman–Crippen MR) is 60.5 cm³/mol. The Kier molecular flexibility index (Phi) is 4.26. The maximum atomic E-state index is 13.3. The standard InChI is InChI=1S/C10H12BrFS/c1-7(2)13-6-8-3-4-9(11)5-10(8)12/h3-5,7H,6H2,1-2H3. The van der Waals surface area contributed by atoms with Gasteiger partial charge in [-0.2, -0.15) is 11.8 Å². The molecule has 72 valence electrons. The van der Waals surface area contributed by atoms with Crippen LogP contribution in [0.3, 0.4) is 0 Å². The van der Waals surface area contributed by atoms with Crippen molar-refractivity contribution in [2.45, 2.75) is 24.9 Å². The molecule has 1 aromatic carbocycles. The van der Waals surface area contributed by atoms with Gasteiger partial charge in [0.2, 0.25) is 0 Å². The summed E-state index contributed by atoms with van der Waals surface area (Å²) in [5.74, 6) is 0.624. The van der Waals surface area contributed by atoms with Crippen LogP contribution < -0.4 is 0 Å². The lowest BCUT2D eigenvalue weighted by molar-refractivity contribution is 0.616. The molecule has 13 heavy (non-hydrogen) atoms. The Morgan fingerprint density at radius 1 is 1.46 bits per heavy atom. The number of halogens is 2. The molecule has 0 bridgehead atoms. The molecule has 1 aromatic rings. The highest BCUT2D eigenvalue weighted by molar-refractivity contribution is 9.10. The number of rotatable bonds is 3. The average molecular weight is 263 g/mol. The first-order chi connectivity index (χ1) is 6.09. The lowest BCUT2D eigenvalue weighted by atomic mass is 10.2. The van der Waals surface area contributed by atoms with E-state index in [4.69, 9.17) is 0 Å². The van der Waals surface area contributed by atoms with Crippen LogP contribution in [0.25, 0.3) is 0 Å². The van der Waals surface area contributed by atoms with Crippen molar-refractivity contribution in [2.24, 2.45) is 0 Å². The van der Waals surface area contributed by atoms with Gasteiger partial charge in [-0.05, 0) is 22.9 Å². The van der Waals surface area contributed by atoms with E-state index >= 15 is 0 Å². The van der Waals surface area contributed by atoms with Crippen molar-refractivity contribution < 1.29 is 4.39 Å². The molecule has 0 atom stereocenters. The number of hydrogen-bond donors (Lipinski definition) is 0. The molecule has 0 unspecified atom stereocenters. The Bertz CT molecular complexity index is 286. The summed E-state index contributed by atoms with van der Waals surface area (Å²) in [6, 6.07) is 5.21. The fourth-order valence-electron chi connectivity index (χ4n) is 0.895. The Morgan fingerprint density at radius 2 is 2.15 bits per heavy atom. The van der Waals surface area contributed by atoms with Crippen molar-refractivity contribution >= 4 is 27.7 Å². The molecule has 0 amide bonds. The van der Waals surface area contributed by atoms with Crippen LogP contribution in [-0.4, -0.2) is 5.25 Å². The zero-order valence-corrected chi connectivity index (χ0v) is 10.1. The van der Waals surface area contributed by atoms with Gasteiger partial charge in [0, 0.05) is 10.2 Å². The highest BCUT2D eigenvalue weighted by atomic mass is 79.9. The van der Waals surface area contributed by atoms with Crippen molar-refractivity contribution in [3.05, 3.63) is 34.1 Å². The van der Waals surface area contributed by atoms with Crippen LogP contribution in [0.1, 0.15) is 19.4 Å². The quantitative estimate of drug-likeness (QED) is 0.786. The third kappa shape index (κ3) is 3.69. The Balaban J connectivity index is 2.67. The van der Waals surface area contributed by atoms with E-state index in [0.29, 0.717) is 5.25 Å². The van der Waals surface area contributed by atoms with Crippen LogP contribution in [0.4, 0.5) is 4.39 Å². The molecule has 0 aromatic heterocycles. The minimum Gasteiger partial charge on any atom is -0.207 e. The van der Waals surface area contributed by atoms with Gasteiger partial charge in [0.05, 0.1) is 0 Å². The zero-order chi connectivity index (χ0) is 9.84. The molecule has 0 radical (unpaired) electrons. The fourth-order valence-corrected chi connectivity index (χ4v) is 1.98. The fraction of sp³-hybridized carbons (Fsp3) is 0.400. The van der Waals surface area contributed by atoms with Crippen LogP contribution >= 0.6 is 27.7 Å². The molecule has 0 aliphatic carbocycles. The van der Waals surface area contributed by atoms with Crippen molar-refractivity contribution in [3.8, 4) is 0 Å². The SMILES string of the molecule is CC(C)SCc1ccc(Br)cc1F. The van der Waals surface area contributed by atoms with E-state index in [1.807, 2.05) is 12.1 Å².